The molecule has 12 heteroatoms. The summed E-state index contributed by atoms with van der Waals surface area (Å²) in [5, 5.41) is 14.3. The number of rotatable bonds is 6. The van der Waals surface area contributed by atoms with Crippen LogP contribution in [0.1, 0.15) is 35.3 Å². The van der Waals surface area contributed by atoms with E-state index in [4.69, 9.17) is 0 Å². The maximum absolute atomic E-state index is 13.8. The van der Waals surface area contributed by atoms with Gasteiger partial charge in [-0.25, -0.2) is 14.7 Å². The summed E-state index contributed by atoms with van der Waals surface area (Å²) in [4.78, 5) is 8.44. The van der Waals surface area contributed by atoms with E-state index in [2.05, 4.69) is 30.8 Å². The van der Waals surface area contributed by atoms with Crippen molar-refractivity contribution in [3.8, 4) is 5.69 Å². The van der Waals surface area contributed by atoms with Gasteiger partial charge in [0.05, 0.1) is 30.0 Å². The number of aromatic nitrogens is 5. The van der Waals surface area contributed by atoms with E-state index in [0.717, 1.165) is 17.5 Å². The molecule has 1 aromatic carbocycles. The number of halogens is 4. The zero-order valence-corrected chi connectivity index (χ0v) is 20.6. The second-order valence-electron chi connectivity index (χ2n) is 7.03. The smallest absolute Gasteiger partial charge is 0.357 e. The molecule has 32 heavy (non-hydrogen) atoms. The minimum atomic E-state index is -4.51. The van der Waals surface area contributed by atoms with E-state index in [1.165, 1.54) is 17.1 Å². The average Bonchev–Trinajstić information content (AvgIpc) is 3.27. The summed E-state index contributed by atoms with van der Waals surface area (Å²) < 4.78 is 44.4. The van der Waals surface area contributed by atoms with Gasteiger partial charge in [0.2, 0.25) is 0 Å². The van der Waals surface area contributed by atoms with Gasteiger partial charge >= 0.3 is 6.18 Å². The van der Waals surface area contributed by atoms with Crippen molar-refractivity contribution in [3.63, 3.8) is 0 Å². The Labute approximate surface area is 201 Å². The highest BCUT2D eigenvalue weighted by Crippen LogP contribution is 2.34. The first-order valence-electron chi connectivity index (χ1n) is 9.78. The second-order valence-corrected chi connectivity index (χ2v) is 7.03. The van der Waals surface area contributed by atoms with Gasteiger partial charge in [0.1, 0.15) is 12.2 Å². The third-order valence-corrected chi connectivity index (χ3v) is 4.62. The first-order valence-corrected chi connectivity index (χ1v) is 9.78. The Bertz CT molecular complexity index is 1070. The summed E-state index contributed by atoms with van der Waals surface area (Å²) in [6, 6.07) is 6.00. The second kappa shape index (κ2) is 10.8. The lowest BCUT2D eigenvalue weighted by Gasteiger charge is -2.15. The number of alkyl halides is 3. The molecule has 8 nitrogen and oxygen atoms in total. The maximum Gasteiger partial charge on any atom is 0.416 e. The fourth-order valence-electron chi connectivity index (χ4n) is 3.14. The van der Waals surface area contributed by atoms with Crippen LogP contribution in [0, 0.1) is 13.8 Å². The molecule has 0 unspecified atom stereocenters. The van der Waals surface area contributed by atoms with Crippen LogP contribution < -0.4 is 10.6 Å². The van der Waals surface area contributed by atoms with E-state index in [9.17, 15) is 13.2 Å². The van der Waals surface area contributed by atoms with Crippen molar-refractivity contribution in [2.45, 2.75) is 40.0 Å². The van der Waals surface area contributed by atoms with E-state index in [1.807, 2.05) is 13.0 Å². The van der Waals surface area contributed by atoms with Crippen LogP contribution in [0.2, 0.25) is 0 Å². The summed E-state index contributed by atoms with van der Waals surface area (Å²) in [5.74, 6) is 1.07. The van der Waals surface area contributed by atoms with Crippen LogP contribution >= 0.6 is 24.0 Å². The van der Waals surface area contributed by atoms with Gasteiger partial charge in [-0.15, -0.1) is 24.0 Å². The number of hydrogen-bond acceptors (Lipinski definition) is 4. The van der Waals surface area contributed by atoms with Gasteiger partial charge < -0.3 is 10.6 Å². The molecule has 0 aliphatic rings. The largest absolute Gasteiger partial charge is 0.416 e. The number of aliphatic imine (C=N–C) groups is 1. The Morgan fingerprint density at radius 2 is 1.91 bits per heavy atom. The van der Waals surface area contributed by atoms with Crippen molar-refractivity contribution in [2.75, 3.05) is 6.54 Å². The molecule has 0 radical (unpaired) electrons. The van der Waals surface area contributed by atoms with Gasteiger partial charge in [-0.3, -0.25) is 4.68 Å². The number of nitrogens with one attached hydrogen (secondary N) is 2. The number of guanidine groups is 1. The average molecular weight is 562 g/mol. The van der Waals surface area contributed by atoms with E-state index in [0.29, 0.717) is 30.6 Å². The van der Waals surface area contributed by atoms with Crippen molar-refractivity contribution < 1.29 is 13.2 Å². The van der Waals surface area contributed by atoms with Gasteiger partial charge in [0.15, 0.2) is 5.96 Å². The van der Waals surface area contributed by atoms with Crippen LogP contribution in [-0.4, -0.2) is 37.0 Å². The Hall–Kier alpha value is -2.64. The number of hydrogen-bond donors (Lipinski definition) is 2. The van der Waals surface area contributed by atoms with Crippen molar-refractivity contribution in [1.29, 1.82) is 0 Å². The molecule has 174 valence electrons. The predicted molar refractivity (Wildman–Crippen MR) is 126 cm³/mol. The van der Waals surface area contributed by atoms with Gasteiger partial charge in [-0.1, -0.05) is 6.07 Å². The van der Waals surface area contributed by atoms with Crippen LogP contribution in [0.25, 0.3) is 5.69 Å². The summed E-state index contributed by atoms with van der Waals surface area (Å²) in [7, 11) is 1.76. The topological polar surface area (TPSA) is 84.9 Å². The Balaban J connectivity index is 0.00000363. The van der Waals surface area contributed by atoms with Crippen LogP contribution in [-0.2, 0) is 26.3 Å². The highest BCUT2D eigenvalue weighted by atomic mass is 127. The predicted octanol–water partition coefficient (Wildman–Crippen LogP) is 3.51. The summed E-state index contributed by atoms with van der Waals surface area (Å²) >= 11 is 0. The molecule has 2 heterocycles. The zero-order chi connectivity index (χ0) is 22.6. The number of nitrogens with zero attached hydrogens (tertiary/aromatic N) is 6. The molecule has 0 amide bonds. The fraction of sp³-hybridized carbons (Fsp3) is 0.400. The van der Waals surface area contributed by atoms with Crippen molar-refractivity contribution in [2.24, 2.45) is 12.0 Å². The van der Waals surface area contributed by atoms with Crippen molar-refractivity contribution >= 4 is 29.9 Å². The van der Waals surface area contributed by atoms with Crippen LogP contribution in [0.3, 0.4) is 0 Å². The van der Waals surface area contributed by atoms with E-state index in [1.54, 1.807) is 31.6 Å². The molecule has 0 aliphatic carbocycles. The summed E-state index contributed by atoms with van der Waals surface area (Å²) in [5.41, 5.74) is 1.21. The molecule has 2 N–H and O–H groups in total. The molecule has 0 saturated heterocycles. The molecule has 0 spiro atoms. The fourth-order valence-corrected chi connectivity index (χ4v) is 3.14. The lowest BCUT2D eigenvalue weighted by atomic mass is 10.1. The highest BCUT2D eigenvalue weighted by molar-refractivity contribution is 14.0. The molecule has 0 atom stereocenters. The van der Waals surface area contributed by atoms with Crippen molar-refractivity contribution in [3.05, 3.63) is 58.9 Å². The number of benzene rings is 1. The lowest BCUT2D eigenvalue weighted by Crippen LogP contribution is -2.37. The molecule has 0 bridgehead atoms. The van der Waals surface area contributed by atoms with Gasteiger partial charge in [0, 0.05) is 19.3 Å². The Kier molecular flexibility index (Phi) is 8.64. The normalized spacial score (nSPS) is 11.9. The molecular weight excluding hydrogens is 536 g/mol. The van der Waals surface area contributed by atoms with Gasteiger partial charge in [-0.05, 0) is 44.5 Å². The monoisotopic (exact) mass is 562 g/mol. The molecule has 3 rings (SSSR count). The molecule has 0 saturated carbocycles. The summed E-state index contributed by atoms with van der Waals surface area (Å²) in [6.45, 7) is 6.24. The standard InChI is InChI=1S/C20H25F3N8.HI/c1-5-24-19(26-11-18-27-12-28-30(18)4)25-10-15-6-7-16(9-17(15)20(21,22)23)31-14(3)8-13(2)29-31;/h6-9,12H,5,10-11H2,1-4H3,(H2,24,25,26);1H. The first kappa shape index (κ1) is 25.6. The number of aryl methyl sites for hydroxylation is 3. The van der Waals surface area contributed by atoms with Gasteiger partial charge in [-0.2, -0.15) is 23.4 Å². The van der Waals surface area contributed by atoms with Crippen LogP contribution in [0.15, 0.2) is 35.6 Å². The maximum atomic E-state index is 13.8. The van der Waals surface area contributed by atoms with Crippen molar-refractivity contribution in [1.82, 2.24) is 35.2 Å². The zero-order valence-electron chi connectivity index (χ0n) is 18.2. The van der Waals surface area contributed by atoms with Crippen LogP contribution in [0.5, 0.6) is 0 Å². The molecule has 0 aliphatic heterocycles. The molecule has 3 aromatic rings. The Morgan fingerprint density at radius 3 is 2.47 bits per heavy atom. The summed E-state index contributed by atoms with van der Waals surface area (Å²) in [6.07, 6.45) is -3.08. The van der Waals surface area contributed by atoms with E-state index in [-0.39, 0.29) is 36.1 Å². The molecule has 0 fully saturated rings. The first-order chi connectivity index (χ1) is 14.7. The van der Waals surface area contributed by atoms with Crippen LogP contribution in [0.4, 0.5) is 13.2 Å². The minimum Gasteiger partial charge on any atom is -0.357 e. The minimum absolute atomic E-state index is 0. The van der Waals surface area contributed by atoms with E-state index >= 15 is 0 Å². The third kappa shape index (κ3) is 6.20. The Morgan fingerprint density at radius 1 is 1.16 bits per heavy atom. The third-order valence-electron chi connectivity index (χ3n) is 4.62. The lowest BCUT2D eigenvalue weighted by molar-refractivity contribution is -0.138. The highest BCUT2D eigenvalue weighted by Gasteiger charge is 2.33. The quantitative estimate of drug-likeness (QED) is 0.273. The van der Waals surface area contributed by atoms with Gasteiger partial charge in [0.25, 0.3) is 0 Å². The molecular formula is C20H26F3IN8. The SMILES string of the molecule is CCNC(=NCc1ccc(-n2nc(C)cc2C)cc1C(F)(F)F)NCc1ncnn1C.I. The molecule has 2 aromatic heterocycles. The van der Waals surface area contributed by atoms with E-state index < -0.39 is 11.7 Å².